The van der Waals surface area contributed by atoms with Crippen molar-refractivity contribution in [3.8, 4) is 5.75 Å². The molecule has 1 N–H and O–H groups in total. The molecule has 0 atom stereocenters. The SMILES string of the molecule is CCNc1nc2ccccc2cc1OCC.Cl. The van der Waals surface area contributed by atoms with Gasteiger partial charge < -0.3 is 10.1 Å². The van der Waals surface area contributed by atoms with Crippen molar-refractivity contribution >= 4 is 29.1 Å². The molecular weight excluding hydrogens is 236 g/mol. The van der Waals surface area contributed by atoms with Crippen molar-refractivity contribution in [2.24, 2.45) is 0 Å². The molecule has 0 unspecified atom stereocenters. The highest BCUT2D eigenvalue weighted by Crippen LogP contribution is 2.26. The first kappa shape index (κ1) is 13.6. The standard InChI is InChI=1S/C13H16N2O.ClH/c1-3-14-13-12(16-4-2)9-10-7-5-6-8-11(10)15-13;/h5-9H,3-4H2,1-2H3,(H,14,15);1H. The largest absolute Gasteiger partial charge is 0.490 e. The quantitative estimate of drug-likeness (QED) is 0.905. The smallest absolute Gasteiger partial charge is 0.169 e. The number of hydrogen-bond acceptors (Lipinski definition) is 3. The lowest BCUT2D eigenvalue weighted by molar-refractivity contribution is 0.341. The summed E-state index contributed by atoms with van der Waals surface area (Å²) >= 11 is 0. The molecule has 1 aromatic heterocycles. The number of benzene rings is 1. The number of hydrogen-bond donors (Lipinski definition) is 1. The van der Waals surface area contributed by atoms with E-state index in [1.807, 2.05) is 44.2 Å². The number of nitrogens with zero attached hydrogens (tertiary/aromatic N) is 1. The predicted octanol–water partition coefficient (Wildman–Crippen LogP) is 3.49. The van der Waals surface area contributed by atoms with Gasteiger partial charge in [-0.2, -0.15) is 0 Å². The van der Waals surface area contributed by atoms with Crippen molar-refractivity contribution in [2.45, 2.75) is 13.8 Å². The van der Waals surface area contributed by atoms with Crippen LogP contribution in [0.2, 0.25) is 0 Å². The molecule has 0 aliphatic heterocycles. The van der Waals surface area contributed by atoms with Crippen LogP contribution in [0.4, 0.5) is 5.82 Å². The lowest BCUT2D eigenvalue weighted by Crippen LogP contribution is -2.03. The highest BCUT2D eigenvalue weighted by molar-refractivity contribution is 5.85. The highest BCUT2D eigenvalue weighted by Gasteiger charge is 2.06. The Balaban J connectivity index is 0.00000144. The summed E-state index contributed by atoms with van der Waals surface area (Å²) in [7, 11) is 0. The molecule has 4 heteroatoms. The van der Waals surface area contributed by atoms with Crippen LogP contribution in [-0.2, 0) is 0 Å². The van der Waals surface area contributed by atoms with Crippen LogP contribution in [0.3, 0.4) is 0 Å². The summed E-state index contributed by atoms with van der Waals surface area (Å²) in [5.74, 6) is 1.64. The molecular formula is C13H17ClN2O. The second-order valence-electron chi connectivity index (χ2n) is 3.49. The minimum atomic E-state index is 0. The van der Waals surface area contributed by atoms with E-state index in [4.69, 9.17) is 4.74 Å². The zero-order chi connectivity index (χ0) is 11.4. The number of rotatable bonds is 4. The van der Waals surface area contributed by atoms with Gasteiger partial charge in [-0.3, -0.25) is 0 Å². The number of halogens is 1. The first-order valence-electron chi connectivity index (χ1n) is 5.61. The van der Waals surface area contributed by atoms with E-state index in [-0.39, 0.29) is 12.4 Å². The number of para-hydroxylation sites is 1. The van der Waals surface area contributed by atoms with E-state index in [0.717, 1.165) is 29.0 Å². The zero-order valence-corrected chi connectivity index (χ0v) is 10.9. The molecule has 0 aliphatic carbocycles. The molecule has 2 aromatic rings. The first-order chi connectivity index (χ1) is 7.85. The van der Waals surface area contributed by atoms with Crippen molar-refractivity contribution in [1.29, 1.82) is 0 Å². The van der Waals surface area contributed by atoms with Gasteiger partial charge in [0.15, 0.2) is 11.6 Å². The molecule has 0 saturated carbocycles. The molecule has 0 fully saturated rings. The fourth-order valence-corrected chi connectivity index (χ4v) is 1.66. The van der Waals surface area contributed by atoms with E-state index in [1.54, 1.807) is 0 Å². The van der Waals surface area contributed by atoms with Crippen LogP contribution in [0.25, 0.3) is 10.9 Å². The summed E-state index contributed by atoms with van der Waals surface area (Å²) in [6, 6.07) is 10.1. The van der Waals surface area contributed by atoms with Gasteiger partial charge in [-0.1, -0.05) is 18.2 Å². The van der Waals surface area contributed by atoms with Crippen LogP contribution in [0, 0.1) is 0 Å². The number of nitrogens with one attached hydrogen (secondary N) is 1. The Labute approximate surface area is 108 Å². The molecule has 1 aromatic carbocycles. The average molecular weight is 253 g/mol. The van der Waals surface area contributed by atoms with Gasteiger partial charge in [0.2, 0.25) is 0 Å². The summed E-state index contributed by atoms with van der Waals surface area (Å²) in [5, 5.41) is 4.32. The van der Waals surface area contributed by atoms with Crippen LogP contribution in [0.1, 0.15) is 13.8 Å². The molecule has 1 heterocycles. The lowest BCUT2D eigenvalue weighted by atomic mass is 10.2. The Morgan fingerprint density at radius 2 is 2.00 bits per heavy atom. The third-order valence-electron chi connectivity index (χ3n) is 2.33. The number of ether oxygens (including phenoxy) is 1. The maximum absolute atomic E-state index is 5.57. The van der Waals surface area contributed by atoms with Crippen LogP contribution < -0.4 is 10.1 Å². The van der Waals surface area contributed by atoms with E-state index in [2.05, 4.69) is 10.3 Å². The minimum absolute atomic E-state index is 0. The molecule has 17 heavy (non-hydrogen) atoms. The molecule has 0 saturated heterocycles. The number of fused-ring (bicyclic) bond motifs is 1. The summed E-state index contributed by atoms with van der Waals surface area (Å²) in [5.41, 5.74) is 0.988. The maximum atomic E-state index is 5.57. The van der Waals surface area contributed by atoms with Crippen LogP contribution in [0.15, 0.2) is 30.3 Å². The zero-order valence-electron chi connectivity index (χ0n) is 10.1. The Morgan fingerprint density at radius 1 is 1.24 bits per heavy atom. The fraction of sp³-hybridized carbons (Fsp3) is 0.308. The van der Waals surface area contributed by atoms with Gasteiger partial charge in [-0.15, -0.1) is 12.4 Å². The van der Waals surface area contributed by atoms with E-state index < -0.39 is 0 Å². The van der Waals surface area contributed by atoms with Gasteiger partial charge in [0.1, 0.15) is 0 Å². The Hall–Kier alpha value is -1.48. The van der Waals surface area contributed by atoms with Crippen LogP contribution >= 0.6 is 12.4 Å². The summed E-state index contributed by atoms with van der Waals surface area (Å²) in [6.07, 6.45) is 0. The van der Waals surface area contributed by atoms with Gasteiger partial charge in [-0.25, -0.2) is 4.98 Å². The predicted molar refractivity (Wildman–Crippen MR) is 74.3 cm³/mol. The Morgan fingerprint density at radius 3 is 2.71 bits per heavy atom. The molecule has 0 aliphatic rings. The van der Waals surface area contributed by atoms with Crippen molar-refractivity contribution < 1.29 is 4.74 Å². The van der Waals surface area contributed by atoms with Gasteiger partial charge >= 0.3 is 0 Å². The van der Waals surface area contributed by atoms with Crippen LogP contribution in [-0.4, -0.2) is 18.1 Å². The summed E-state index contributed by atoms with van der Waals surface area (Å²) < 4.78 is 5.57. The van der Waals surface area contributed by atoms with E-state index in [9.17, 15) is 0 Å². The van der Waals surface area contributed by atoms with Crippen molar-refractivity contribution in [1.82, 2.24) is 4.98 Å². The number of anilines is 1. The maximum Gasteiger partial charge on any atom is 0.169 e. The van der Waals surface area contributed by atoms with Crippen molar-refractivity contribution in [3.05, 3.63) is 30.3 Å². The van der Waals surface area contributed by atoms with E-state index >= 15 is 0 Å². The summed E-state index contributed by atoms with van der Waals surface area (Å²) in [6.45, 7) is 5.52. The minimum Gasteiger partial charge on any atom is -0.490 e. The van der Waals surface area contributed by atoms with Gasteiger partial charge in [0, 0.05) is 11.9 Å². The van der Waals surface area contributed by atoms with Crippen molar-refractivity contribution in [3.63, 3.8) is 0 Å². The molecule has 92 valence electrons. The average Bonchev–Trinajstić information content (AvgIpc) is 2.30. The monoisotopic (exact) mass is 252 g/mol. The molecule has 0 amide bonds. The van der Waals surface area contributed by atoms with Gasteiger partial charge in [0.05, 0.1) is 12.1 Å². The van der Waals surface area contributed by atoms with E-state index in [1.165, 1.54) is 0 Å². The topological polar surface area (TPSA) is 34.2 Å². The molecule has 3 nitrogen and oxygen atoms in total. The summed E-state index contributed by atoms with van der Waals surface area (Å²) in [4.78, 5) is 4.55. The molecule has 0 spiro atoms. The van der Waals surface area contributed by atoms with Crippen molar-refractivity contribution in [2.75, 3.05) is 18.5 Å². The van der Waals surface area contributed by atoms with E-state index in [0.29, 0.717) is 6.61 Å². The molecule has 0 radical (unpaired) electrons. The fourth-order valence-electron chi connectivity index (χ4n) is 1.66. The van der Waals surface area contributed by atoms with Crippen LogP contribution in [0.5, 0.6) is 5.75 Å². The third kappa shape index (κ3) is 3.01. The lowest BCUT2D eigenvalue weighted by Gasteiger charge is -2.11. The molecule has 2 rings (SSSR count). The molecule has 0 bridgehead atoms. The second-order valence-corrected chi connectivity index (χ2v) is 3.49. The normalized spacial score (nSPS) is 9.76. The highest BCUT2D eigenvalue weighted by atomic mass is 35.5. The van der Waals surface area contributed by atoms with Gasteiger partial charge in [0.25, 0.3) is 0 Å². The first-order valence-corrected chi connectivity index (χ1v) is 5.61. The third-order valence-corrected chi connectivity index (χ3v) is 2.33. The number of aromatic nitrogens is 1. The Bertz CT molecular complexity index is 443. The second kappa shape index (κ2) is 6.30. The Kier molecular flexibility index (Phi) is 5.04. The van der Waals surface area contributed by atoms with Gasteiger partial charge in [-0.05, 0) is 26.0 Å². The number of pyridine rings is 1.